The van der Waals surface area contributed by atoms with Gasteiger partial charge in [-0.05, 0) is 68.1 Å². The summed E-state index contributed by atoms with van der Waals surface area (Å²) >= 11 is 6.00. The van der Waals surface area contributed by atoms with Crippen molar-refractivity contribution in [3.05, 3.63) is 64.2 Å². The van der Waals surface area contributed by atoms with Crippen molar-refractivity contribution in [3.8, 4) is 5.75 Å². The molecule has 1 atom stereocenters. The third-order valence-corrected chi connectivity index (χ3v) is 4.46. The van der Waals surface area contributed by atoms with E-state index in [2.05, 4.69) is 12.2 Å². The molecular weight excluding hydrogens is 338 g/mol. The Morgan fingerprint density at radius 3 is 2.60 bits per heavy atom. The molecule has 0 amide bonds. The lowest BCUT2D eigenvalue weighted by Gasteiger charge is -2.14. The molecule has 1 unspecified atom stereocenters. The molecule has 0 aliphatic rings. The van der Waals surface area contributed by atoms with Crippen LogP contribution in [0.2, 0.25) is 5.02 Å². The van der Waals surface area contributed by atoms with E-state index in [4.69, 9.17) is 21.4 Å². The maximum atomic E-state index is 10.8. The van der Waals surface area contributed by atoms with Gasteiger partial charge in [0, 0.05) is 17.6 Å². The van der Waals surface area contributed by atoms with Gasteiger partial charge in [-0.25, -0.2) is 4.79 Å². The molecule has 0 bridgehead atoms. The Hall–Kier alpha value is -2.04. The molecule has 4 nitrogen and oxygen atoms in total. The predicted molar refractivity (Wildman–Crippen MR) is 101 cm³/mol. The van der Waals surface area contributed by atoms with Crippen molar-refractivity contribution in [2.24, 2.45) is 0 Å². The molecule has 2 N–H and O–H groups in total. The fourth-order valence-corrected chi connectivity index (χ4v) is 2.56. The van der Waals surface area contributed by atoms with Gasteiger partial charge in [-0.15, -0.1) is 0 Å². The maximum absolute atomic E-state index is 10.8. The first-order valence-corrected chi connectivity index (χ1v) is 8.78. The summed E-state index contributed by atoms with van der Waals surface area (Å²) < 4.78 is 5.75. The standard InChI is InChI=1S/C20H24ClNO3/c1-14-12-18(9-10-19(14)21)25-11-3-4-15(2)22-13-16-5-7-17(8-6-16)20(23)24/h5-10,12,15,22H,3-4,11,13H2,1-2H3,(H,23,24). The lowest BCUT2D eigenvalue weighted by molar-refractivity contribution is 0.0697. The molecule has 0 spiro atoms. The molecule has 0 saturated carbocycles. The van der Waals surface area contributed by atoms with Gasteiger partial charge >= 0.3 is 5.97 Å². The van der Waals surface area contributed by atoms with Crippen molar-refractivity contribution >= 4 is 17.6 Å². The number of hydrogen-bond acceptors (Lipinski definition) is 3. The molecule has 0 fully saturated rings. The van der Waals surface area contributed by atoms with Crippen molar-refractivity contribution < 1.29 is 14.6 Å². The number of carbonyl (C=O) groups is 1. The highest BCUT2D eigenvalue weighted by Crippen LogP contribution is 2.21. The highest BCUT2D eigenvalue weighted by molar-refractivity contribution is 6.31. The van der Waals surface area contributed by atoms with Gasteiger partial charge in [0.25, 0.3) is 0 Å². The van der Waals surface area contributed by atoms with Crippen LogP contribution in [0.4, 0.5) is 0 Å². The number of aromatic carboxylic acids is 1. The van der Waals surface area contributed by atoms with Crippen LogP contribution in [-0.4, -0.2) is 23.7 Å². The number of rotatable bonds is 9. The highest BCUT2D eigenvalue weighted by atomic mass is 35.5. The molecule has 0 aliphatic heterocycles. The number of ether oxygens (including phenoxy) is 1. The van der Waals surface area contributed by atoms with Gasteiger partial charge in [0.05, 0.1) is 12.2 Å². The number of carboxylic acid groups (broad SMARTS) is 1. The fraction of sp³-hybridized carbons (Fsp3) is 0.350. The average Bonchev–Trinajstić information content (AvgIpc) is 2.60. The Kier molecular flexibility index (Phi) is 7.29. The van der Waals surface area contributed by atoms with Gasteiger partial charge < -0.3 is 15.2 Å². The Labute approximate surface area is 153 Å². The van der Waals surface area contributed by atoms with Crippen LogP contribution < -0.4 is 10.1 Å². The van der Waals surface area contributed by atoms with E-state index in [0.29, 0.717) is 18.2 Å². The minimum absolute atomic E-state index is 0.311. The number of nitrogens with one attached hydrogen (secondary N) is 1. The monoisotopic (exact) mass is 361 g/mol. The van der Waals surface area contributed by atoms with Crippen molar-refractivity contribution in [1.29, 1.82) is 0 Å². The Morgan fingerprint density at radius 2 is 1.96 bits per heavy atom. The summed E-state index contributed by atoms with van der Waals surface area (Å²) in [6, 6.07) is 13.0. The van der Waals surface area contributed by atoms with Crippen LogP contribution in [0.1, 0.15) is 41.3 Å². The van der Waals surface area contributed by atoms with Crippen molar-refractivity contribution in [2.45, 2.75) is 39.3 Å². The molecule has 0 heterocycles. The SMILES string of the molecule is Cc1cc(OCCCC(C)NCc2ccc(C(=O)O)cc2)ccc1Cl. The van der Waals surface area contributed by atoms with E-state index in [0.717, 1.165) is 41.3 Å². The minimum Gasteiger partial charge on any atom is -0.494 e. The normalized spacial score (nSPS) is 12.0. The topological polar surface area (TPSA) is 58.6 Å². The first-order chi connectivity index (χ1) is 12.0. The van der Waals surface area contributed by atoms with Gasteiger partial charge in [-0.3, -0.25) is 0 Å². The van der Waals surface area contributed by atoms with Crippen LogP contribution in [0.15, 0.2) is 42.5 Å². The van der Waals surface area contributed by atoms with Crippen LogP contribution in [0.5, 0.6) is 5.75 Å². The molecule has 25 heavy (non-hydrogen) atoms. The van der Waals surface area contributed by atoms with Crippen LogP contribution in [0.25, 0.3) is 0 Å². The zero-order valence-electron chi connectivity index (χ0n) is 14.6. The minimum atomic E-state index is -0.899. The molecule has 2 aromatic carbocycles. The molecule has 0 radical (unpaired) electrons. The van der Waals surface area contributed by atoms with E-state index >= 15 is 0 Å². The Morgan fingerprint density at radius 1 is 1.24 bits per heavy atom. The Balaban J connectivity index is 1.65. The number of aryl methyl sites for hydroxylation is 1. The van der Waals surface area contributed by atoms with Crippen molar-refractivity contribution in [2.75, 3.05) is 6.61 Å². The molecule has 0 saturated heterocycles. The summed E-state index contributed by atoms with van der Waals surface area (Å²) in [4.78, 5) is 10.8. The first-order valence-electron chi connectivity index (χ1n) is 8.40. The second-order valence-electron chi connectivity index (χ2n) is 6.19. The lowest BCUT2D eigenvalue weighted by atomic mass is 10.1. The molecule has 134 valence electrons. The summed E-state index contributed by atoms with van der Waals surface area (Å²) in [6.07, 6.45) is 1.95. The van der Waals surface area contributed by atoms with Gasteiger partial charge in [0.15, 0.2) is 0 Å². The van der Waals surface area contributed by atoms with E-state index in [1.54, 1.807) is 12.1 Å². The van der Waals surface area contributed by atoms with E-state index in [1.165, 1.54) is 0 Å². The van der Waals surface area contributed by atoms with Crippen molar-refractivity contribution in [3.63, 3.8) is 0 Å². The fourth-order valence-electron chi connectivity index (χ4n) is 2.45. The zero-order chi connectivity index (χ0) is 18.2. The number of benzene rings is 2. The number of carboxylic acids is 1. The van der Waals surface area contributed by atoms with Crippen LogP contribution in [0.3, 0.4) is 0 Å². The van der Waals surface area contributed by atoms with E-state index < -0.39 is 5.97 Å². The molecule has 2 rings (SSSR count). The molecular formula is C20H24ClNO3. The van der Waals surface area contributed by atoms with E-state index in [-0.39, 0.29) is 0 Å². The lowest BCUT2D eigenvalue weighted by Crippen LogP contribution is -2.25. The van der Waals surface area contributed by atoms with Gasteiger partial charge in [0.2, 0.25) is 0 Å². The number of halogens is 1. The van der Waals surface area contributed by atoms with E-state index in [9.17, 15) is 4.79 Å². The van der Waals surface area contributed by atoms with Crippen molar-refractivity contribution in [1.82, 2.24) is 5.32 Å². The summed E-state index contributed by atoms with van der Waals surface area (Å²) in [7, 11) is 0. The maximum Gasteiger partial charge on any atom is 0.335 e. The number of hydrogen-bond donors (Lipinski definition) is 2. The summed E-state index contributed by atoms with van der Waals surface area (Å²) in [5.41, 5.74) is 2.40. The first kappa shape index (κ1) is 19.3. The van der Waals surface area contributed by atoms with Crippen LogP contribution in [0, 0.1) is 6.92 Å². The molecule has 0 aliphatic carbocycles. The second-order valence-corrected chi connectivity index (χ2v) is 6.59. The highest BCUT2D eigenvalue weighted by Gasteiger charge is 2.05. The second kappa shape index (κ2) is 9.44. The van der Waals surface area contributed by atoms with Crippen LogP contribution >= 0.6 is 11.6 Å². The third-order valence-electron chi connectivity index (χ3n) is 4.04. The molecule has 5 heteroatoms. The average molecular weight is 362 g/mol. The quantitative estimate of drug-likeness (QED) is 0.636. The Bertz CT molecular complexity index is 701. The van der Waals surface area contributed by atoms with Gasteiger partial charge in [-0.1, -0.05) is 23.7 Å². The van der Waals surface area contributed by atoms with Gasteiger partial charge in [-0.2, -0.15) is 0 Å². The smallest absolute Gasteiger partial charge is 0.335 e. The van der Waals surface area contributed by atoms with E-state index in [1.807, 2.05) is 37.3 Å². The summed E-state index contributed by atoms with van der Waals surface area (Å²) in [5.74, 6) is -0.0511. The zero-order valence-corrected chi connectivity index (χ0v) is 15.3. The van der Waals surface area contributed by atoms with Crippen LogP contribution in [-0.2, 0) is 6.54 Å². The third kappa shape index (κ3) is 6.40. The summed E-state index contributed by atoms with van der Waals surface area (Å²) in [5, 5.41) is 13.1. The summed E-state index contributed by atoms with van der Waals surface area (Å²) in [6.45, 7) is 5.49. The largest absolute Gasteiger partial charge is 0.494 e. The predicted octanol–water partition coefficient (Wildman–Crippen LogP) is 4.68. The molecule has 2 aromatic rings. The van der Waals surface area contributed by atoms with Gasteiger partial charge in [0.1, 0.15) is 5.75 Å². The molecule has 0 aromatic heterocycles.